The zero-order valence-corrected chi connectivity index (χ0v) is 13.1. The van der Waals surface area contributed by atoms with Gasteiger partial charge < -0.3 is 18.6 Å². The van der Waals surface area contributed by atoms with Gasteiger partial charge in [-0.1, -0.05) is 0 Å². The van der Waals surface area contributed by atoms with Crippen molar-refractivity contribution in [1.29, 1.82) is 0 Å². The van der Waals surface area contributed by atoms with Crippen LogP contribution < -0.4 is 0 Å². The highest BCUT2D eigenvalue weighted by Crippen LogP contribution is 2.25. The highest BCUT2D eigenvalue weighted by Gasteiger charge is 2.23. The fraction of sp³-hybridized carbons (Fsp3) is 0.267. The Morgan fingerprint density at radius 3 is 2.68 bits per heavy atom. The molecule has 1 aliphatic heterocycles. The Morgan fingerprint density at radius 1 is 1.28 bits per heavy atom. The van der Waals surface area contributed by atoms with Crippen LogP contribution in [0.2, 0.25) is 0 Å². The molecule has 0 N–H and O–H groups in total. The number of hydrogen-bond donors (Lipinski definition) is 0. The number of nitro benzene ring substituents is 1. The van der Waals surface area contributed by atoms with E-state index < -0.39 is 17.0 Å². The van der Waals surface area contributed by atoms with Crippen molar-refractivity contribution >= 4 is 11.7 Å². The Hall–Kier alpha value is -3.43. The largest absolute Gasteiger partial charge is 0.493 e. The lowest BCUT2D eigenvalue weighted by Crippen LogP contribution is -2.18. The zero-order valence-electron chi connectivity index (χ0n) is 13.1. The van der Waals surface area contributed by atoms with E-state index in [0.29, 0.717) is 12.2 Å². The van der Waals surface area contributed by atoms with Crippen LogP contribution in [0.5, 0.6) is 0 Å². The van der Waals surface area contributed by atoms with Crippen molar-refractivity contribution in [3.05, 3.63) is 52.3 Å². The summed E-state index contributed by atoms with van der Waals surface area (Å²) in [7, 11) is 0. The van der Waals surface area contributed by atoms with Gasteiger partial charge >= 0.3 is 5.97 Å². The summed E-state index contributed by atoms with van der Waals surface area (Å²) >= 11 is 0. The van der Waals surface area contributed by atoms with Gasteiger partial charge in [0.05, 0.1) is 4.92 Å². The molecule has 130 valence electrons. The number of carbonyl (C=O) groups excluding carboxylic acids is 1. The molecular weight excluding hydrogens is 334 g/mol. The Kier molecular flexibility index (Phi) is 4.59. The maximum Gasteiger partial charge on any atom is 0.377 e. The molecule has 10 nitrogen and oxygen atoms in total. The number of nitro groups is 1. The summed E-state index contributed by atoms with van der Waals surface area (Å²) < 4.78 is 20.8. The van der Waals surface area contributed by atoms with E-state index in [1.165, 1.54) is 30.5 Å². The number of nitrogens with zero attached hydrogens (tertiary/aromatic N) is 3. The number of carbonyl (C=O) groups is 1. The standard InChI is InChI=1S/C15H13N3O7/c1-9(24-15(19)12-8-22-6-7-23-12)13-16-17-14(25-13)10-2-4-11(5-3-10)18(20)21/h2-5,8-9H,6-7H2,1H3/t9-/m1/s1. The van der Waals surface area contributed by atoms with Crippen LogP contribution >= 0.6 is 0 Å². The van der Waals surface area contributed by atoms with Crippen molar-refractivity contribution < 1.29 is 28.3 Å². The summed E-state index contributed by atoms with van der Waals surface area (Å²) in [6, 6.07) is 5.64. The molecule has 0 aliphatic carbocycles. The molecule has 2 aromatic rings. The molecule has 0 fully saturated rings. The van der Waals surface area contributed by atoms with Crippen LogP contribution in [0.3, 0.4) is 0 Å². The third kappa shape index (κ3) is 3.74. The molecule has 25 heavy (non-hydrogen) atoms. The van der Waals surface area contributed by atoms with Gasteiger partial charge in [-0.2, -0.15) is 0 Å². The van der Waals surface area contributed by atoms with Gasteiger partial charge in [0.2, 0.25) is 11.6 Å². The highest BCUT2D eigenvalue weighted by atomic mass is 16.6. The molecule has 1 atom stereocenters. The van der Waals surface area contributed by atoms with Crippen LogP contribution in [-0.2, 0) is 19.0 Å². The SMILES string of the molecule is C[C@@H](OC(=O)C1=COCCO1)c1nnc(-c2ccc([N+](=O)[O-])cc2)o1. The maximum absolute atomic E-state index is 11.9. The van der Waals surface area contributed by atoms with E-state index in [4.69, 9.17) is 18.6 Å². The quantitative estimate of drug-likeness (QED) is 0.454. The van der Waals surface area contributed by atoms with E-state index in [-0.39, 0.29) is 29.8 Å². The van der Waals surface area contributed by atoms with Gasteiger partial charge in [0.15, 0.2) is 6.10 Å². The van der Waals surface area contributed by atoms with Crippen molar-refractivity contribution in [2.45, 2.75) is 13.0 Å². The third-order valence-corrected chi connectivity index (χ3v) is 3.25. The van der Waals surface area contributed by atoms with Crippen molar-refractivity contribution in [2.24, 2.45) is 0 Å². The monoisotopic (exact) mass is 347 g/mol. The summed E-state index contributed by atoms with van der Waals surface area (Å²) in [5, 5.41) is 18.3. The first-order valence-corrected chi connectivity index (χ1v) is 7.28. The van der Waals surface area contributed by atoms with Crippen molar-refractivity contribution in [2.75, 3.05) is 13.2 Å². The van der Waals surface area contributed by atoms with Crippen molar-refractivity contribution in [1.82, 2.24) is 10.2 Å². The molecule has 1 aromatic heterocycles. The van der Waals surface area contributed by atoms with Crippen LogP contribution in [0.1, 0.15) is 18.9 Å². The average Bonchev–Trinajstić information content (AvgIpc) is 3.13. The number of ether oxygens (including phenoxy) is 3. The molecule has 0 saturated heterocycles. The predicted molar refractivity (Wildman–Crippen MR) is 80.9 cm³/mol. The van der Waals surface area contributed by atoms with Crippen LogP contribution in [0.25, 0.3) is 11.5 Å². The van der Waals surface area contributed by atoms with E-state index in [0.717, 1.165) is 0 Å². The number of aromatic nitrogens is 2. The third-order valence-electron chi connectivity index (χ3n) is 3.25. The smallest absolute Gasteiger partial charge is 0.377 e. The fourth-order valence-corrected chi connectivity index (χ4v) is 1.99. The Morgan fingerprint density at radius 2 is 2.04 bits per heavy atom. The normalized spacial score (nSPS) is 14.7. The Bertz CT molecular complexity index is 813. The van der Waals surface area contributed by atoms with Gasteiger partial charge in [-0.15, -0.1) is 10.2 Å². The highest BCUT2D eigenvalue weighted by molar-refractivity contribution is 5.86. The second-order valence-corrected chi connectivity index (χ2v) is 5.00. The van der Waals surface area contributed by atoms with E-state index in [9.17, 15) is 14.9 Å². The molecule has 0 bridgehead atoms. The summed E-state index contributed by atoms with van der Waals surface area (Å²) in [4.78, 5) is 22.1. The summed E-state index contributed by atoms with van der Waals surface area (Å²) in [5.74, 6) is -0.501. The Balaban J connectivity index is 1.68. The lowest BCUT2D eigenvalue weighted by atomic mass is 10.2. The lowest BCUT2D eigenvalue weighted by molar-refractivity contribution is -0.384. The molecule has 0 saturated carbocycles. The molecule has 0 amide bonds. The minimum absolute atomic E-state index is 0.0341. The average molecular weight is 347 g/mol. The van der Waals surface area contributed by atoms with Gasteiger partial charge in [-0.25, -0.2) is 4.79 Å². The van der Waals surface area contributed by atoms with Crippen LogP contribution in [0.4, 0.5) is 5.69 Å². The molecule has 3 rings (SSSR count). The minimum Gasteiger partial charge on any atom is -0.493 e. The van der Waals surface area contributed by atoms with E-state index >= 15 is 0 Å². The van der Waals surface area contributed by atoms with Gasteiger partial charge in [0, 0.05) is 17.7 Å². The fourth-order valence-electron chi connectivity index (χ4n) is 1.99. The molecule has 10 heteroatoms. The molecule has 0 spiro atoms. The Labute approximate surface area is 141 Å². The molecule has 0 radical (unpaired) electrons. The van der Waals surface area contributed by atoms with Crippen LogP contribution in [0, 0.1) is 10.1 Å². The number of esters is 1. The first-order chi connectivity index (χ1) is 12.0. The van der Waals surface area contributed by atoms with E-state index in [1.54, 1.807) is 6.92 Å². The predicted octanol–water partition coefficient (Wildman–Crippen LogP) is 2.14. The lowest BCUT2D eigenvalue weighted by Gasteiger charge is -2.15. The van der Waals surface area contributed by atoms with E-state index in [2.05, 4.69) is 10.2 Å². The van der Waals surface area contributed by atoms with Gasteiger partial charge in [0.1, 0.15) is 19.5 Å². The maximum atomic E-state index is 11.9. The van der Waals surface area contributed by atoms with Gasteiger partial charge in [-0.3, -0.25) is 10.1 Å². The van der Waals surface area contributed by atoms with Gasteiger partial charge in [-0.05, 0) is 19.1 Å². The number of benzene rings is 1. The second-order valence-electron chi connectivity index (χ2n) is 5.00. The summed E-state index contributed by atoms with van der Waals surface area (Å²) in [6.07, 6.45) is 0.382. The molecule has 0 unspecified atom stereocenters. The molecular formula is C15H13N3O7. The zero-order chi connectivity index (χ0) is 17.8. The number of non-ortho nitro benzene ring substituents is 1. The van der Waals surface area contributed by atoms with Gasteiger partial charge in [0.25, 0.3) is 11.6 Å². The minimum atomic E-state index is -0.807. The van der Waals surface area contributed by atoms with Crippen LogP contribution in [-0.4, -0.2) is 34.3 Å². The summed E-state index contributed by atoms with van der Waals surface area (Å²) in [5.41, 5.74) is 0.461. The molecule has 1 aromatic carbocycles. The van der Waals surface area contributed by atoms with Crippen molar-refractivity contribution in [3.8, 4) is 11.5 Å². The topological polar surface area (TPSA) is 127 Å². The first kappa shape index (κ1) is 16.4. The van der Waals surface area contributed by atoms with Crippen LogP contribution in [0.15, 0.2) is 40.7 Å². The number of rotatable bonds is 5. The molecule has 2 heterocycles. The second kappa shape index (κ2) is 6.99. The van der Waals surface area contributed by atoms with E-state index in [1.807, 2.05) is 0 Å². The molecule has 1 aliphatic rings. The first-order valence-electron chi connectivity index (χ1n) is 7.28. The number of hydrogen-bond acceptors (Lipinski definition) is 9. The summed E-state index contributed by atoms with van der Waals surface area (Å²) in [6.45, 7) is 2.20. The van der Waals surface area contributed by atoms with Crippen molar-refractivity contribution in [3.63, 3.8) is 0 Å².